The summed E-state index contributed by atoms with van der Waals surface area (Å²) in [4.78, 5) is 16.4. The number of rotatable bonds is 2. The van der Waals surface area contributed by atoms with Gasteiger partial charge in [-0.2, -0.15) is 5.10 Å². The fourth-order valence-electron chi connectivity index (χ4n) is 2.29. The average Bonchev–Trinajstić information content (AvgIpc) is 2.98. The van der Waals surface area contributed by atoms with Gasteiger partial charge in [0.1, 0.15) is 5.82 Å². The van der Waals surface area contributed by atoms with Gasteiger partial charge in [-0.05, 0) is 13.3 Å². The van der Waals surface area contributed by atoms with E-state index >= 15 is 0 Å². The topological polar surface area (TPSA) is 75.6 Å². The summed E-state index contributed by atoms with van der Waals surface area (Å²) in [6.45, 7) is 2.74. The first kappa shape index (κ1) is 11.0. The van der Waals surface area contributed by atoms with Gasteiger partial charge in [0.2, 0.25) is 5.91 Å². The minimum Gasteiger partial charge on any atom is -0.335 e. The first-order chi connectivity index (χ1) is 8.74. The third-order valence-electron chi connectivity index (χ3n) is 3.41. The summed E-state index contributed by atoms with van der Waals surface area (Å²) in [7, 11) is 0. The molecule has 0 saturated heterocycles. The van der Waals surface area contributed by atoms with Crippen LogP contribution in [0.4, 0.5) is 5.69 Å². The van der Waals surface area contributed by atoms with Gasteiger partial charge in [0.25, 0.3) is 0 Å². The number of imidazole rings is 1. The number of aromatic nitrogens is 4. The minimum absolute atomic E-state index is 0.00537. The first-order valence-corrected chi connectivity index (χ1v) is 6.05. The van der Waals surface area contributed by atoms with E-state index in [1.54, 1.807) is 12.4 Å². The molecule has 2 aromatic rings. The number of nitrogens with zero attached hydrogens (tertiary/aromatic N) is 3. The molecular formula is C12H15N5O. The van der Waals surface area contributed by atoms with Crippen LogP contribution in [0.1, 0.15) is 17.9 Å². The Labute approximate surface area is 104 Å². The maximum absolute atomic E-state index is 12.2. The monoisotopic (exact) mass is 245 g/mol. The summed E-state index contributed by atoms with van der Waals surface area (Å²) in [6, 6.07) is 0. The number of aryl methyl sites for hydroxylation is 2. The highest BCUT2D eigenvalue weighted by Crippen LogP contribution is 2.21. The molecule has 1 amide bonds. The summed E-state index contributed by atoms with van der Waals surface area (Å²) < 4.78 is 2.10. The molecule has 0 fully saturated rings. The standard InChI is InChI=1S/C12H15N5O/c1-8-10(7-14-16-8)15-12(18)9-2-4-17-5-3-13-11(17)6-9/h3,5,7,9H,2,4,6H2,1H3,(H,14,16)(H,15,18). The van der Waals surface area contributed by atoms with E-state index in [0.717, 1.165) is 30.2 Å². The van der Waals surface area contributed by atoms with Crippen LogP contribution in [-0.4, -0.2) is 25.7 Å². The zero-order valence-corrected chi connectivity index (χ0v) is 10.2. The van der Waals surface area contributed by atoms with E-state index in [0.29, 0.717) is 6.42 Å². The Hall–Kier alpha value is -2.11. The minimum atomic E-state index is -0.00537. The van der Waals surface area contributed by atoms with Crippen LogP contribution in [-0.2, 0) is 17.8 Å². The maximum Gasteiger partial charge on any atom is 0.228 e. The Morgan fingerprint density at radius 2 is 2.50 bits per heavy atom. The molecule has 0 aromatic carbocycles. The molecule has 0 aliphatic carbocycles. The quantitative estimate of drug-likeness (QED) is 0.832. The number of hydrogen-bond acceptors (Lipinski definition) is 3. The number of amides is 1. The van der Waals surface area contributed by atoms with Crippen LogP contribution in [0, 0.1) is 12.8 Å². The Bertz CT molecular complexity index is 571. The van der Waals surface area contributed by atoms with E-state index in [1.807, 2.05) is 13.1 Å². The molecule has 6 nitrogen and oxygen atoms in total. The van der Waals surface area contributed by atoms with E-state index in [2.05, 4.69) is 25.1 Å². The highest BCUT2D eigenvalue weighted by Gasteiger charge is 2.25. The van der Waals surface area contributed by atoms with Crippen LogP contribution in [0.3, 0.4) is 0 Å². The maximum atomic E-state index is 12.2. The SMILES string of the molecule is Cc1[nH]ncc1NC(=O)C1CCn2ccnc2C1. The summed E-state index contributed by atoms with van der Waals surface area (Å²) >= 11 is 0. The largest absolute Gasteiger partial charge is 0.335 e. The van der Waals surface area contributed by atoms with Gasteiger partial charge in [-0.15, -0.1) is 0 Å². The Morgan fingerprint density at radius 1 is 1.61 bits per heavy atom. The highest BCUT2D eigenvalue weighted by atomic mass is 16.1. The molecule has 1 unspecified atom stereocenters. The molecule has 2 N–H and O–H groups in total. The molecule has 94 valence electrons. The molecule has 2 aromatic heterocycles. The lowest BCUT2D eigenvalue weighted by molar-refractivity contribution is -0.120. The lowest BCUT2D eigenvalue weighted by Crippen LogP contribution is -2.30. The molecule has 3 rings (SSSR count). The van der Waals surface area contributed by atoms with Crippen molar-refractivity contribution in [3.63, 3.8) is 0 Å². The highest BCUT2D eigenvalue weighted by molar-refractivity contribution is 5.93. The van der Waals surface area contributed by atoms with Crippen molar-refractivity contribution in [2.24, 2.45) is 5.92 Å². The molecule has 3 heterocycles. The van der Waals surface area contributed by atoms with Crippen LogP contribution >= 0.6 is 0 Å². The molecule has 0 bridgehead atoms. The first-order valence-electron chi connectivity index (χ1n) is 6.05. The molecule has 0 saturated carbocycles. The molecule has 6 heteroatoms. The van der Waals surface area contributed by atoms with Crippen molar-refractivity contribution in [2.45, 2.75) is 26.3 Å². The molecule has 18 heavy (non-hydrogen) atoms. The number of hydrogen-bond donors (Lipinski definition) is 2. The van der Waals surface area contributed by atoms with Crippen molar-refractivity contribution in [1.29, 1.82) is 0 Å². The summed E-state index contributed by atoms with van der Waals surface area (Å²) in [6.07, 6.45) is 6.94. The number of aromatic amines is 1. The molecule has 0 radical (unpaired) electrons. The van der Waals surface area contributed by atoms with Gasteiger partial charge in [0, 0.05) is 31.3 Å². The fraction of sp³-hybridized carbons (Fsp3) is 0.417. The third kappa shape index (κ3) is 1.90. The van der Waals surface area contributed by atoms with E-state index in [9.17, 15) is 4.79 Å². The van der Waals surface area contributed by atoms with Gasteiger partial charge in [0.05, 0.1) is 17.6 Å². The average molecular weight is 245 g/mol. The van der Waals surface area contributed by atoms with Crippen LogP contribution in [0.25, 0.3) is 0 Å². The van der Waals surface area contributed by atoms with Gasteiger partial charge in [-0.1, -0.05) is 0 Å². The molecule has 1 aliphatic rings. The second-order valence-corrected chi connectivity index (χ2v) is 4.62. The van der Waals surface area contributed by atoms with Crippen LogP contribution < -0.4 is 5.32 Å². The van der Waals surface area contributed by atoms with Crippen molar-refractivity contribution in [1.82, 2.24) is 19.7 Å². The van der Waals surface area contributed by atoms with Gasteiger partial charge in [-0.3, -0.25) is 9.89 Å². The van der Waals surface area contributed by atoms with E-state index in [1.165, 1.54) is 0 Å². The number of carbonyl (C=O) groups is 1. The summed E-state index contributed by atoms with van der Waals surface area (Å²) in [5.74, 6) is 1.04. The zero-order valence-electron chi connectivity index (χ0n) is 10.2. The Balaban J connectivity index is 1.70. The summed E-state index contributed by atoms with van der Waals surface area (Å²) in [5.41, 5.74) is 1.63. The molecule has 0 spiro atoms. The smallest absolute Gasteiger partial charge is 0.228 e. The van der Waals surface area contributed by atoms with Gasteiger partial charge in [-0.25, -0.2) is 4.98 Å². The van der Waals surface area contributed by atoms with Gasteiger partial charge < -0.3 is 9.88 Å². The van der Waals surface area contributed by atoms with Crippen LogP contribution in [0.5, 0.6) is 0 Å². The fourth-order valence-corrected chi connectivity index (χ4v) is 2.29. The Morgan fingerprint density at radius 3 is 3.28 bits per heavy atom. The van der Waals surface area contributed by atoms with Crippen molar-refractivity contribution in [3.8, 4) is 0 Å². The molecule has 1 aliphatic heterocycles. The number of fused-ring (bicyclic) bond motifs is 1. The second-order valence-electron chi connectivity index (χ2n) is 4.62. The number of nitrogens with one attached hydrogen (secondary N) is 2. The summed E-state index contributed by atoms with van der Waals surface area (Å²) in [5, 5.41) is 9.61. The predicted octanol–water partition coefficient (Wildman–Crippen LogP) is 1.12. The van der Waals surface area contributed by atoms with E-state index in [-0.39, 0.29) is 11.8 Å². The van der Waals surface area contributed by atoms with Crippen molar-refractivity contribution in [2.75, 3.05) is 5.32 Å². The van der Waals surface area contributed by atoms with E-state index in [4.69, 9.17) is 0 Å². The van der Waals surface area contributed by atoms with E-state index < -0.39 is 0 Å². The number of carbonyl (C=O) groups excluding carboxylic acids is 1. The molecule has 1 atom stereocenters. The Kier molecular flexibility index (Phi) is 2.62. The lowest BCUT2D eigenvalue weighted by atomic mass is 9.97. The van der Waals surface area contributed by atoms with Gasteiger partial charge in [0.15, 0.2) is 0 Å². The number of H-pyrrole nitrogens is 1. The van der Waals surface area contributed by atoms with Crippen LogP contribution in [0.15, 0.2) is 18.6 Å². The van der Waals surface area contributed by atoms with Crippen LogP contribution in [0.2, 0.25) is 0 Å². The van der Waals surface area contributed by atoms with Gasteiger partial charge >= 0.3 is 0 Å². The lowest BCUT2D eigenvalue weighted by Gasteiger charge is -2.22. The zero-order chi connectivity index (χ0) is 12.5. The normalized spacial score (nSPS) is 18.4. The van der Waals surface area contributed by atoms with Crippen molar-refractivity contribution >= 4 is 11.6 Å². The second kappa shape index (κ2) is 4.29. The predicted molar refractivity (Wildman–Crippen MR) is 66.0 cm³/mol. The third-order valence-corrected chi connectivity index (χ3v) is 3.41. The molecular weight excluding hydrogens is 230 g/mol. The number of anilines is 1. The van der Waals surface area contributed by atoms with Crippen molar-refractivity contribution < 1.29 is 4.79 Å². The van der Waals surface area contributed by atoms with Crippen molar-refractivity contribution in [3.05, 3.63) is 30.1 Å².